The van der Waals surface area contributed by atoms with Crippen LogP contribution in [0.5, 0.6) is 0 Å². The van der Waals surface area contributed by atoms with E-state index in [4.69, 9.17) is 0 Å². The lowest BCUT2D eigenvalue weighted by atomic mass is 9.99. The van der Waals surface area contributed by atoms with Crippen molar-refractivity contribution < 1.29 is 14.3 Å². The zero-order valence-corrected chi connectivity index (χ0v) is 7.46. The van der Waals surface area contributed by atoms with Gasteiger partial charge in [-0.05, 0) is 12.3 Å². The molecular formula is C7H13O3P. The fourth-order valence-electron chi connectivity index (χ4n) is 1.69. The number of hydrogen-bond donors (Lipinski definition) is 1. The van der Waals surface area contributed by atoms with Crippen LogP contribution in [0, 0.1) is 11.8 Å². The number of hydrogen-bond acceptors (Lipinski definition) is 2. The van der Waals surface area contributed by atoms with Gasteiger partial charge in [0.05, 0.1) is 0 Å². The Kier molecular flexibility index (Phi) is 2.50. The third kappa shape index (κ3) is 2.42. The van der Waals surface area contributed by atoms with Crippen LogP contribution >= 0.6 is 7.37 Å². The van der Waals surface area contributed by atoms with Crippen molar-refractivity contribution in [3.05, 3.63) is 0 Å². The van der Waals surface area contributed by atoms with Gasteiger partial charge in [-0.3, -0.25) is 4.57 Å². The average Bonchev–Trinajstić information content (AvgIpc) is 1.83. The number of carbonyl (C=O) groups excluding carboxylic acids is 1. The molecule has 1 N–H and O–H groups in total. The van der Waals surface area contributed by atoms with E-state index >= 15 is 0 Å². The first kappa shape index (κ1) is 8.95. The van der Waals surface area contributed by atoms with E-state index in [0.29, 0.717) is 6.16 Å². The predicted molar refractivity (Wildman–Crippen MR) is 42.9 cm³/mol. The van der Waals surface area contributed by atoms with E-state index in [1.165, 1.54) is 0 Å². The molecule has 1 rings (SSSR count). The van der Waals surface area contributed by atoms with Crippen LogP contribution in [0.15, 0.2) is 0 Å². The minimum Gasteiger partial charge on any atom is -0.344 e. The van der Waals surface area contributed by atoms with Crippen LogP contribution in [-0.4, -0.2) is 23.5 Å². The molecule has 4 heteroatoms. The molecule has 1 saturated heterocycles. The van der Waals surface area contributed by atoms with Gasteiger partial charge in [-0.2, -0.15) is 0 Å². The normalized spacial score (nSPS) is 45.3. The summed E-state index contributed by atoms with van der Waals surface area (Å²) in [6.07, 6.45) is 2.16. The maximum Gasteiger partial charge on any atom is 0.201 e. The minimum atomic E-state index is -2.95. The molecule has 11 heavy (non-hydrogen) atoms. The maximum absolute atomic E-state index is 11.2. The van der Waals surface area contributed by atoms with E-state index < -0.39 is 7.37 Å². The van der Waals surface area contributed by atoms with Crippen LogP contribution < -0.4 is 0 Å². The van der Waals surface area contributed by atoms with Crippen LogP contribution in [-0.2, 0) is 9.36 Å². The smallest absolute Gasteiger partial charge is 0.201 e. The SMILES string of the molecule is CC1CC(C=O)CP(=O)(O)C1. The molecule has 1 fully saturated rings. The molecule has 0 aromatic carbocycles. The first-order chi connectivity index (χ1) is 5.03. The zero-order valence-electron chi connectivity index (χ0n) is 6.56. The molecule has 0 radical (unpaired) electrons. The molecule has 0 aromatic rings. The molecule has 0 aromatic heterocycles. The lowest BCUT2D eigenvalue weighted by Gasteiger charge is -2.26. The largest absolute Gasteiger partial charge is 0.344 e. The highest BCUT2D eigenvalue weighted by Gasteiger charge is 2.32. The second-order valence-corrected chi connectivity index (χ2v) is 5.87. The predicted octanol–water partition coefficient (Wildman–Crippen LogP) is 1.11. The van der Waals surface area contributed by atoms with Gasteiger partial charge in [-0.1, -0.05) is 6.92 Å². The molecule has 0 amide bonds. The third-order valence-electron chi connectivity index (χ3n) is 2.01. The molecule has 64 valence electrons. The third-order valence-corrected chi connectivity index (χ3v) is 4.25. The van der Waals surface area contributed by atoms with Crippen molar-refractivity contribution in [1.29, 1.82) is 0 Å². The Bertz CT molecular complexity index is 202. The Balaban J connectivity index is 2.65. The summed E-state index contributed by atoms with van der Waals surface area (Å²) in [6.45, 7) is 1.92. The average molecular weight is 176 g/mol. The fraction of sp³-hybridized carbons (Fsp3) is 0.857. The second kappa shape index (κ2) is 3.08. The van der Waals surface area contributed by atoms with Crippen molar-refractivity contribution in [2.45, 2.75) is 13.3 Å². The quantitative estimate of drug-likeness (QED) is 0.481. The van der Waals surface area contributed by atoms with E-state index in [0.717, 1.165) is 12.7 Å². The van der Waals surface area contributed by atoms with E-state index in [9.17, 15) is 14.3 Å². The molecule has 3 nitrogen and oxygen atoms in total. The van der Waals surface area contributed by atoms with Crippen molar-refractivity contribution in [2.75, 3.05) is 12.3 Å². The number of rotatable bonds is 1. The topological polar surface area (TPSA) is 54.4 Å². The molecule has 3 unspecified atom stereocenters. The monoisotopic (exact) mass is 176 g/mol. The van der Waals surface area contributed by atoms with Crippen LogP contribution in [0.25, 0.3) is 0 Å². The highest BCUT2D eigenvalue weighted by molar-refractivity contribution is 7.58. The standard InChI is InChI=1S/C7H13O3P/c1-6-2-7(3-8)5-11(9,10)4-6/h3,6-7H,2,4-5H2,1H3,(H,9,10). The summed E-state index contributed by atoms with van der Waals surface area (Å²) in [5.74, 6) is 0.0318. The van der Waals surface area contributed by atoms with Crippen molar-refractivity contribution in [3.63, 3.8) is 0 Å². The first-order valence-corrected chi connectivity index (χ1v) is 5.82. The summed E-state index contributed by atoms with van der Waals surface area (Å²) in [5, 5.41) is 0. The lowest BCUT2D eigenvalue weighted by molar-refractivity contribution is -0.111. The second-order valence-electron chi connectivity index (χ2n) is 3.45. The van der Waals surface area contributed by atoms with Crippen molar-refractivity contribution in [3.8, 4) is 0 Å². The summed E-state index contributed by atoms with van der Waals surface area (Å²) in [6, 6.07) is 0. The van der Waals surface area contributed by atoms with Gasteiger partial charge in [0, 0.05) is 18.2 Å². The van der Waals surface area contributed by atoms with Crippen molar-refractivity contribution >= 4 is 13.7 Å². The zero-order chi connectivity index (χ0) is 8.48. The van der Waals surface area contributed by atoms with E-state index in [-0.39, 0.29) is 18.0 Å². The molecule has 0 aliphatic carbocycles. The number of carbonyl (C=O) groups is 1. The van der Waals surface area contributed by atoms with Gasteiger partial charge in [-0.25, -0.2) is 0 Å². The van der Waals surface area contributed by atoms with Crippen LogP contribution in [0.2, 0.25) is 0 Å². The van der Waals surface area contributed by atoms with Gasteiger partial charge in [0.2, 0.25) is 7.37 Å². The van der Waals surface area contributed by atoms with Gasteiger partial charge < -0.3 is 9.69 Å². The molecule has 1 aliphatic heterocycles. The summed E-state index contributed by atoms with van der Waals surface area (Å²) in [7, 11) is -2.95. The first-order valence-electron chi connectivity index (χ1n) is 3.79. The Hall–Kier alpha value is -0.140. The van der Waals surface area contributed by atoms with Crippen LogP contribution in [0.3, 0.4) is 0 Å². The Morgan fingerprint density at radius 2 is 2.18 bits per heavy atom. The molecule has 0 saturated carbocycles. The van der Waals surface area contributed by atoms with Crippen LogP contribution in [0.4, 0.5) is 0 Å². The van der Waals surface area contributed by atoms with Gasteiger partial charge >= 0.3 is 0 Å². The van der Waals surface area contributed by atoms with Gasteiger partial charge in [0.15, 0.2) is 0 Å². The van der Waals surface area contributed by atoms with E-state index in [1.54, 1.807) is 0 Å². The summed E-state index contributed by atoms with van der Waals surface area (Å²) in [5.41, 5.74) is 0. The fourth-order valence-corrected chi connectivity index (χ4v) is 3.93. The highest BCUT2D eigenvalue weighted by atomic mass is 31.2. The van der Waals surface area contributed by atoms with Gasteiger partial charge in [-0.15, -0.1) is 0 Å². The van der Waals surface area contributed by atoms with E-state index in [1.807, 2.05) is 6.92 Å². The van der Waals surface area contributed by atoms with Gasteiger partial charge in [0.25, 0.3) is 0 Å². The number of aldehydes is 1. The summed E-state index contributed by atoms with van der Waals surface area (Å²) in [4.78, 5) is 19.6. The molecular weight excluding hydrogens is 163 g/mol. The van der Waals surface area contributed by atoms with Crippen LogP contribution in [0.1, 0.15) is 13.3 Å². The van der Waals surface area contributed by atoms with Gasteiger partial charge in [0.1, 0.15) is 6.29 Å². The highest BCUT2D eigenvalue weighted by Crippen LogP contribution is 2.49. The van der Waals surface area contributed by atoms with Crippen molar-refractivity contribution in [2.24, 2.45) is 11.8 Å². The Labute approximate surface area is 66.3 Å². The Morgan fingerprint density at radius 3 is 2.64 bits per heavy atom. The minimum absolute atomic E-state index is 0.186. The molecule has 0 bridgehead atoms. The molecule has 1 aliphatic rings. The molecule has 1 heterocycles. The Morgan fingerprint density at radius 1 is 1.55 bits per heavy atom. The maximum atomic E-state index is 11.2. The van der Waals surface area contributed by atoms with E-state index in [2.05, 4.69) is 0 Å². The molecule has 0 spiro atoms. The molecule has 3 atom stereocenters. The van der Waals surface area contributed by atoms with Crippen molar-refractivity contribution in [1.82, 2.24) is 0 Å². The lowest BCUT2D eigenvalue weighted by Crippen LogP contribution is -2.22. The summed E-state index contributed by atoms with van der Waals surface area (Å²) >= 11 is 0. The summed E-state index contributed by atoms with van der Waals surface area (Å²) < 4.78 is 11.2.